The molecule has 6 heteroatoms. The molecule has 0 radical (unpaired) electrons. The van der Waals surface area contributed by atoms with Crippen molar-refractivity contribution >= 4 is 23.2 Å². The Balaban J connectivity index is 1.95. The number of aromatic nitrogens is 2. The zero-order valence-corrected chi connectivity index (χ0v) is 14.5. The number of rotatable bonds is 3. The number of carbonyl (C=O) groups excluding carboxylic acids is 1. The summed E-state index contributed by atoms with van der Waals surface area (Å²) < 4.78 is 1.47. The van der Waals surface area contributed by atoms with Gasteiger partial charge in [0.05, 0.1) is 5.69 Å². The fourth-order valence-electron chi connectivity index (χ4n) is 2.35. The van der Waals surface area contributed by atoms with Gasteiger partial charge in [0.2, 0.25) is 5.43 Å². The Morgan fingerprint density at radius 1 is 1.08 bits per heavy atom. The number of aryl methyl sites for hydroxylation is 2. The van der Waals surface area contributed by atoms with Crippen molar-refractivity contribution in [2.45, 2.75) is 13.8 Å². The molecule has 0 saturated heterocycles. The van der Waals surface area contributed by atoms with Crippen LogP contribution in [0.4, 0.5) is 5.69 Å². The summed E-state index contributed by atoms with van der Waals surface area (Å²) in [5, 5.41) is 7.52. The first kappa shape index (κ1) is 16.9. The first-order valence-corrected chi connectivity index (χ1v) is 8.06. The van der Waals surface area contributed by atoms with E-state index >= 15 is 0 Å². The summed E-state index contributed by atoms with van der Waals surface area (Å²) in [6, 6.07) is 14.0. The van der Waals surface area contributed by atoms with Gasteiger partial charge in [0.1, 0.15) is 0 Å². The second-order valence-corrected chi connectivity index (χ2v) is 6.16. The van der Waals surface area contributed by atoms with Crippen molar-refractivity contribution in [2.75, 3.05) is 5.32 Å². The Bertz CT molecular complexity index is 994. The number of benzene rings is 2. The van der Waals surface area contributed by atoms with Crippen LogP contribution in [0, 0.1) is 13.8 Å². The van der Waals surface area contributed by atoms with E-state index in [1.807, 2.05) is 32.0 Å². The Morgan fingerprint density at radius 2 is 1.80 bits per heavy atom. The van der Waals surface area contributed by atoms with Crippen LogP contribution in [0.15, 0.2) is 59.5 Å². The zero-order valence-electron chi connectivity index (χ0n) is 13.8. The maximum atomic E-state index is 12.5. The van der Waals surface area contributed by atoms with Crippen LogP contribution in [0.2, 0.25) is 5.02 Å². The highest BCUT2D eigenvalue weighted by atomic mass is 35.5. The molecule has 0 aliphatic heterocycles. The van der Waals surface area contributed by atoms with Gasteiger partial charge < -0.3 is 5.32 Å². The molecule has 3 aromatic rings. The van der Waals surface area contributed by atoms with Crippen LogP contribution in [-0.2, 0) is 0 Å². The molecule has 0 fully saturated rings. The predicted molar refractivity (Wildman–Crippen MR) is 98.7 cm³/mol. The van der Waals surface area contributed by atoms with E-state index in [1.165, 1.54) is 16.9 Å². The molecule has 0 spiro atoms. The quantitative estimate of drug-likeness (QED) is 0.779. The van der Waals surface area contributed by atoms with E-state index in [1.54, 1.807) is 24.3 Å². The number of anilines is 1. The number of nitrogens with zero attached hydrogens (tertiary/aromatic N) is 2. The van der Waals surface area contributed by atoms with Crippen LogP contribution in [0.25, 0.3) is 5.69 Å². The van der Waals surface area contributed by atoms with Crippen LogP contribution >= 0.6 is 11.6 Å². The average Bonchev–Trinajstić information content (AvgIpc) is 2.59. The molecular formula is C19H16ClN3O2. The zero-order chi connectivity index (χ0) is 18.0. The predicted octanol–water partition coefficient (Wildman–Crippen LogP) is 3.76. The van der Waals surface area contributed by atoms with Crippen LogP contribution in [-0.4, -0.2) is 15.7 Å². The topological polar surface area (TPSA) is 64.0 Å². The van der Waals surface area contributed by atoms with Crippen molar-refractivity contribution in [1.82, 2.24) is 9.78 Å². The lowest BCUT2D eigenvalue weighted by molar-refractivity contribution is 0.101. The van der Waals surface area contributed by atoms with E-state index in [2.05, 4.69) is 10.4 Å². The van der Waals surface area contributed by atoms with Gasteiger partial charge in [-0.3, -0.25) is 9.59 Å². The summed E-state index contributed by atoms with van der Waals surface area (Å²) in [7, 11) is 0. The van der Waals surface area contributed by atoms with Gasteiger partial charge >= 0.3 is 0 Å². The van der Waals surface area contributed by atoms with Gasteiger partial charge in [-0.25, -0.2) is 4.68 Å². The summed E-state index contributed by atoms with van der Waals surface area (Å²) in [5.74, 6) is -0.540. The lowest BCUT2D eigenvalue weighted by Gasteiger charge is -2.10. The van der Waals surface area contributed by atoms with Crippen molar-refractivity contribution in [3.8, 4) is 5.69 Å². The fourth-order valence-corrected chi connectivity index (χ4v) is 2.48. The molecule has 1 N–H and O–H groups in total. The van der Waals surface area contributed by atoms with E-state index in [-0.39, 0.29) is 5.69 Å². The summed E-state index contributed by atoms with van der Waals surface area (Å²) in [5.41, 5.74) is 2.68. The molecule has 0 aliphatic rings. The Kier molecular flexibility index (Phi) is 4.67. The van der Waals surface area contributed by atoms with Crippen molar-refractivity contribution in [3.05, 3.63) is 86.8 Å². The highest BCUT2D eigenvalue weighted by Gasteiger charge is 2.14. The molecule has 0 atom stereocenters. The third-order valence-corrected chi connectivity index (χ3v) is 4.01. The summed E-state index contributed by atoms with van der Waals surface area (Å²) >= 11 is 5.88. The number of hydrogen-bond donors (Lipinski definition) is 1. The van der Waals surface area contributed by atoms with Crippen molar-refractivity contribution in [2.24, 2.45) is 0 Å². The largest absolute Gasteiger partial charge is 0.320 e. The molecule has 0 unspecified atom stereocenters. The average molecular weight is 354 g/mol. The minimum Gasteiger partial charge on any atom is -0.320 e. The number of hydrogen-bond acceptors (Lipinski definition) is 3. The fraction of sp³-hybridized carbons (Fsp3) is 0.105. The lowest BCUT2D eigenvalue weighted by Crippen LogP contribution is -2.25. The Morgan fingerprint density at radius 3 is 2.52 bits per heavy atom. The maximum absolute atomic E-state index is 12.5. The van der Waals surface area contributed by atoms with E-state index in [0.29, 0.717) is 16.4 Å². The molecule has 2 aromatic carbocycles. The third kappa shape index (κ3) is 3.78. The Labute approximate surface area is 149 Å². The van der Waals surface area contributed by atoms with Gasteiger partial charge in [-0.2, -0.15) is 5.10 Å². The van der Waals surface area contributed by atoms with Gasteiger partial charge in [-0.05, 0) is 55.3 Å². The number of halogens is 1. The third-order valence-electron chi connectivity index (χ3n) is 3.76. The van der Waals surface area contributed by atoms with Crippen LogP contribution in [0.3, 0.4) is 0 Å². The Hall–Kier alpha value is -2.92. The van der Waals surface area contributed by atoms with Crippen molar-refractivity contribution in [1.29, 1.82) is 0 Å². The van der Waals surface area contributed by atoms with Gasteiger partial charge in [0, 0.05) is 23.0 Å². The highest BCUT2D eigenvalue weighted by Crippen LogP contribution is 2.17. The first-order chi connectivity index (χ1) is 11.9. The molecule has 1 amide bonds. The molecule has 0 saturated carbocycles. The SMILES string of the molecule is Cc1ccc(C)c(NC(=O)c2nn(-c3ccc(Cl)cc3)ccc2=O)c1. The second-order valence-electron chi connectivity index (χ2n) is 5.72. The van der Waals surface area contributed by atoms with Crippen LogP contribution < -0.4 is 10.7 Å². The molecule has 5 nitrogen and oxygen atoms in total. The van der Waals surface area contributed by atoms with Crippen molar-refractivity contribution < 1.29 is 4.79 Å². The normalized spacial score (nSPS) is 10.5. The van der Waals surface area contributed by atoms with E-state index in [0.717, 1.165) is 11.1 Å². The minimum atomic E-state index is -0.540. The molecular weight excluding hydrogens is 338 g/mol. The van der Waals surface area contributed by atoms with Crippen LogP contribution in [0.1, 0.15) is 21.6 Å². The molecule has 1 heterocycles. The summed E-state index contributed by atoms with van der Waals surface area (Å²) in [6.07, 6.45) is 1.51. The molecule has 3 rings (SSSR count). The molecule has 0 bridgehead atoms. The maximum Gasteiger partial charge on any atom is 0.280 e. The highest BCUT2D eigenvalue weighted by molar-refractivity contribution is 6.30. The van der Waals surface area contributed by atoms with E-state index in [9.17, 15) is 9.59 Å². The van der Waals surface area contributed by atoms with Gasteiger partial charge in [0.25, 0.3) is 5.91 Å². The molecule has 0 aliphatic carbocycles. The number of amides is 1. The van der Waals surface area contributed by atoms with Gasteiger partial charge in [-0.15, -0.1) is 0 Å². The van der Waals surface area contributed by atoms with Gasteiger partial charge in [0.15, 0.2) is 5.69 Å². The van der Waals surface area contributed by atoms with Crippen LogP contribution in [0.5, 0.6) is 0 Å². The summed E-state index contributed by atoms with van der Waals surface area (Å²) in [4.78, 5) is 24.6. The summed E-state index contributed by atoms with van der Waals surface area (Å²) in [6.45, 7) is 3.82. The van der Waals surface area contributed by atoms with Gasteiger partial charge in [-0.1, -0.05) is 23.7 Å². The molecule has 1 aromatic heterocycles. The smallest absolute Gasteiger partial charge is 0.280 e. The van der Waals surface area contributed by atoms with E-state index < -0.39 is 11.3 Å². The second kappa shape index (κ2) is 6.91. The van der Waals surface area contributed by atoms with Crippen molar-refractivity contribution in [3.63, 3.8) is 0 Å². The number of nitrogens with one attached hydrogen (secondary N) is 1. The number of carbonyl (C=O) groups is 1. The monoisotopic (exact) mass is 353 g/mol. The van der Waals surface area contributed by atoms with E-state index in [4.69, 9.17) is 11.6 Å². The standard InChI is InChI=1S/C19H16ClN3O2/c1-12-3-4-13(2)16(11-12)21-19(25)18-17(24)9-10-23(22-18)15-7-5-14(20)6-8-15/h3-11H,1-2H3,(H,21,25). The minimum absolute atomic E-state index is 0.168. The molecule has 25 heavy (non-hydrogen) atoms. The lowest BCUT2D eigenvalue weighted by atomic mass is 10.1. The first-order valence-electron chi connectivity index (χ1n) is 7.68. The molecule has 126 valence electrons.